The molecule has 0 bridgehead atoms. The van der Waals surface area contributed by atoms with Gasteiger partial charge in [0.2, 0.25) is 0 Å². The van der Waals surface area contributed by atoms with Gasteiger partial charge in [-0.05, 0) is 30.2 Å². The lowest BCUT2D eigenvalue weighted by Gasteiger charge is -2.24. The monoisotopic (exact) mass is 207 g/mol. The quantitative estimate of drug-likeness (QED) is 0.764. The summed E-state index contributed by atoms with van der Waals surface area (Å²) in [4.78, 5) is 11.3. The van der Waals surface area contributed by atoms with Crippen LogP contribution in [0.3, 0.4) is 0 Å². The summed E-state index contributed by atoms with van der Waals surface area (Å²) in [6.07, 6.45) is 1.13. The smallest absolute Gasteiger partial charge is 0.136 e. The molecule has 1 aliphatic heterocycles. The lowest BCUT2D eigenvalue weighted by atomic mass is 9.93. The molecule has 2 rings (SSSR count). The maximum Gasteiger partial charge on any atom is 0.136 e. The van der Waals surface area contributed by atoms with E-state index in [9.17, 15) is 9.18 Å². The fourth-order valence-electron chi connectivity index (χ4n) is 2.04. The lowest BCUT2D eigenvalue weighted by Crippen LogP contribution is -2.32. The Morgan fingerprint density at radius 1 is 1.47 bits per heavy atom. The molecule has 0 spiro atoms. The van der Waals surface area contributed by atoms with Crippen molar-refractivity contribution in [2.75, 3.05) is 6.54 Å². The van der Waals surface area contributed by atoms with E-state index in [-0.39, 0.29) is 17.6 Å². The number of halogens is 1. The van der Waals surface area contributed by atoms with Gasteiger partial charge in [-0.1, -0.05) is 6.07 Å². The zero-order chi connectivity index (χ0) is 10.8. The number of carbonyl (C=O) groups excluding carboxylic acids is 1. The molecule has 1 heterocycles. The second-order valence-electron chi connectivity index (χ2n) is 4.00. The first-order valence-corrected chi connectivity index (χ1v) is 5.18. The fraction of sp³-hybridized carbons (Fsp3) is 0.417. The minimum Gasteiger partial charge on any atom is -0.309 e. The van der Waals surface area contributed by atoms with Crippen molar-refractivity contribution < 1.29 is 9.18 Å². The zero-order valence-corrected chi connectivity index (χ0v) is 8.72. The number of Topliss-reactive ketones (excluding diaryl/α,β-unsaturated/α-hetero) is 1. The Hall–Kier alpha value is -1.22. The highest BCUT2D eigenvalue weighted by Gasteiger charge is 2.21. The summed E-state index contributed by atoms with van der Waals surface area (Å²) in [5, 5.41) is 3.28. The number of hydrogen-bond donors (Lipinski definition) is 1. The molecule has 0 amide bonds. The van der Waals surface area contributed by atoms with Crippen LogP contribution in [0.2, 0.25) is 0 Å². The van der Waals surface area contributed by atoms with Gasteiger partial charge in [0.1, 0.15) is 11.6 Å². The molecule has 1 aliphatic rings. The summed E-state index contributed by atoms with van der Waals surface area (Å²) in [6.45, 7) is 2.60. The zero-order valence-electron chi connectivity index (χ0n) is 8.72. The number of carbonyl (C=O) groups is 1. The molecule has 2 nitrogen and oxygen atoms in total. The van der Waals surface area contributed by atoms with Crippen LogP contribution < -0.4 is 5.32 Å². The van der Waals surface area contributed by atoms with Gasteiger partial charge < -0.3 is 5.32 Å². The minimum absolute atomic E-state index is 0.0619. The Kier molecular flexibility index (Phi) is 2.82. The number of aryl methyl sites for hydroxylation is 1. The summed E-state index contributed by atoms with van der Waals surface area (Å²) >= 11 is 0. The molecule has 80 valence electrons. The van der Waals surface area contributed by atoms with E-state index >= 15 is 0 Å². The third kappa shape index (κ3) is 2.23. The Morgan fingerprint density at radius 3 is 2.93 bits per heavy atom. The van der Waals surface area contributed by atoms with E-state index in [2.05, 4.69) is 5.32 Å². The SMILES string of the molecule is Cc1cc(F)ccc1[C@H]1CC(=O)CCN1. The molecule has 1 saturated heterocycles. The van der Waals surface area contributed by atoms with Crippen molar-refractivity contribution in [3.63, 3.8) is 0 Å². The van der Waals surface area contributed by atoms with Crippen molar-refractivity contribution in [2.24, 2.45) is 0 Å². The van der Waals surface area contributed by atoms with Crippen LogP contribution in [0.15, 0.2) is 18.2 Å². The maximum absolute atomic E-state index is 12.9. The van der Waals surface area contributed by atoms with Gasteiger partial charge in [0.15, 0.2) is 0 Å². The molecule has 0 aromatic heterocycles. The molecule has 0 radical (unpaired) electrons. The van der Waals surface area contributed by atoms with Gasteiger partial charge in [-0.2, -0.15) is 0 Å². The normalized spacial score (nSPS) is 21.7. The van der Waals surface area contributed by atoms with Crippen LogP contribution in [0.25, 0.3) is 0 Å². The van der Waals surface area contributed by atoms with Gasteiger partial charge in [-0.15, -0.1) is 0 Å². The Morgan fingerprint density at radius 2 is 2.27 bits per heavy atom. The predicted octanol–water partition coefficient (Wildman–Crippen LogP) is 2.13. The van der Waals surface area contributed by atoms with Crippen molar-refractivity contribution in [3.8, 4) is 0 Å². The van der Waals surface area contributed by atoms with Gasteiger partial charge in [0.25, 0.3) is 0 Å². The predicted molar refractivity (Wildman–Crippen MR) is 56.1 cm³/mol. The van der Waals surface area contributed by atoms with E-state index in [0.29, 0.717) is 12.8 Å². The average Bonchev–Trinajstić information content (AvgIpc) is 2.17. The Labute approximate surface area is 88.5 Å². The average molecular weight is 207 g/mol. The summed E-state index contributed by atoms with van der Waals surface area (Å²) in [5.74, 6) is 0.0564. The van der Waals surface area contributed by atoms with E-state index in [1.807, 2.05) is 6.92 Å². The van der Waals surface area contributed by atoms with E-state index in [4.69, 9.17) is 0 Å². The highest BCUT2D eigenvalue weighted by atomic mass is 19.1. The molecular weight excluding hydrogens is 193 g/mol. The van der Waals surface area contributed by atoms with Crippen LogP contribution in [0.1, 0.15) is 30.0 Å². The molecule has 1 atom stereocenters. The van der Waals surface area contributed by atoms with Gasteiger partial charge >= 0.3 is 0 Å². The molecule has 15 heavy (non-hydrogen) atoms. The van der Waals surface area contributed by atoms with Crippen molar-refractivity contribution in [3.05, 3.63) is 35.1 Å². The Balaban J connectivity index is 2.24. The summed E-state index contributed by atoms with van der Waals surface area (Å²) < 4.78 is 12.9. The number of nitrogens with one attached hydrogen (secondary N) is 1. The van der Waals surface area contributed by atoms with Crippen LogP contribution in [0, 0.1) is 12.7 Å². The number of benzene rings is 1. The van der Waals surface area contributed by atoms with E-state index < -0.39 is 0 Å². The fourth-order valence-corrected chi connectivity index (χ4v) is 2.04. The number of ketones is 1. The molecule has 1 N–H and O–H groups in total. The van der Waals surface area contributed by atoms with E-state index in [0.717, 1.165) is 17.7 Å². The second-order valence-corrected chi connectivity index (χ2v) is 4.00. The molecule has 0 unspecified atom stereocenters. The van der Waals surface area contributed by atoms with Gasteiger partial charge in [0.05, 0.1) is 0 Å². The second kappa shape index (κ2) is 4.11. The highest BCUT2D eigenvalue weighted by Crippen LogP contribution is 2.24. The van der Waals surface area contributed by atoms with Crippen molar-refractivity contribution >= 4 is 5.78 Å². The Bertz CT molecular complexity index is 389. The first kappa shape index (κ1) is 10.3. The van der Waals surface area contributed by atoms with Crippen molar-refractivity contribution in [2.45, 2.75) is 25.8 Å². The lowest BCUT2D eigenvalue weighted by molar-refractivity contribution is -0.120. The van der Waals surface area contributed by atoms with Crippen LogP contribution in [-0.2, 0) is 4.79 Å². The summed E-state index contributed by atoms with van der Waals surface area (Å²) in [7, 11) is 0. The molecular formula is C12H14FNO. The van der Waals surface area contributed by atoms with E-state index in [1.54, 1.807) is 6.07 Å². The van der Waals surface area contributed by atoms with Crippen LogP contribution >= 0.6 is 0 Å². The highest BCUT2D eigenvalue weighted by molar-refractivity contribution is 5.80. The molecule has 1 aromatic carbocycles. The topological polar surface area (TPSA) is 29.1 Å². The maximum atomic E-state index is 12.9. The minimum atomic E-state index is -0.224. The molecule has 0 aliphatic carbocycles. The van der Waals surface area contributed by atoms with Crippen molar-refractivity contribution in [1.82, 2.24) is 5.32 Å². The third-order valence-electron chi connectivity index (χ3n) is 2.83. The summed E-state index contributed by atoms with van der Waals surface area (Å²) in [5.41, 5.74) is 1.94. The van der Waals surface area contributed by atoms with Gasteiger partial charge in [-0.3, -0.25) is 4.79 Å². The standard InChI is InChI=1S/C12H14FNO/c1-8-6-9(13)2-3-11(8)12-7-10(15)4-5-14-12/h2-3,6,12,14H,4-5,7H2,1H3/t12-/m1/s1. The van der Waals surface area contributed by atoms with E-state index in [1.165, 1.54) is 12.1 Å². The first-order valence-electron chi connectivity index (χ1n) is 5.18. The largest absolute Gasteiger partial charge is 0.309 e. The third-order valence-corrected chi connectivity index (χ3v) is 2.83. The van der Waals surface area contributed by atoms with Crippen LogP contribution in [-0.4, -0.2) is 12.3 Å². The molecule has 1 fully saturated rings. The molecule has 0 saturated carbocycles. The number of piperidine rings is 1. The van der Waals surface area contributed by atoms with Crippen LogP contribution in [0.4, 0.5) is 4.39 Å². The van der Waals surface area contributed by atoms with Crippen LogP contribution in [0.5, 0.6) is 0 Å². The number of hydrogen-bond acceptors (Lipinski definition) is 2. The summed E-state index contributed by atoms with van der Waals surface area (Å²) in [6, 6.07) is 4.78. The first-order chi connectivity index (χ1) is 7.16. The van der Waals surface area contributed by atoms with Gasteiger partial charge in [0, 0.05) is 25.4 Å². The van der Waals surface area contributed by atoms with Gasteiger partial charge in [-0.25, -0.2) is 4.39 Å². The molecule has 3 heteroatoms. The number of rotatable bonds is 1. The van der Waals surface area contributed by atoms with Crippen molar-refractivity contribution in [1.29, 1.82) is 0 Å². The molecule has 1 aromatic rings.